The average Bonchev–Trinajstić information content (AvgIpc) is 2.76. The van der Waals surface area contributed by atoms with Crippen molar-refractivity contribution in [2.24, 2.45) is 5.41 Å². The molecule has 1 unspecified atom stereocenters. The van der Waals surface area contributed by atoms with E-state index in [4.69, 9.17) is 5.26 Å². The van der Waals surface area contributed by atoms with Gasteiger partial charge in [-0.1, -0.05) is 13.3 Å². The lowest BCUT2D eigenvalue weighted by Crippen LogP contribution is -2.11. The number of aliphatic hydroxyl groups is 1. The third kappa shape index (κ3) is 4.24. The molecule has 1 atom stereocenters. The molecule has 0 radical (unpaired) electrons. The van der Waals surface area contributed by atoms with E-state index in [1.807, 2.05) is 36.9 Å². The maximum Gasteiger partial charge on any atom is 0.0804 e. The Labute approximate surface area is 104 Å². The number of rotatable bonds is 6. The fourth-order valence-corrected chi connectivity index (χ4v) is 1.70. The second kappa shape index (κ2) is 5.88. The van der Waals surface area contributed by atoms with E-state index in [-0.39, 0.29) is 11.5 Å². The fraction of sp³-hybridized carbons (Fsp3) is 0.643. The van der Waals surface area contributed by atoms with Crippen molar-refractivity contribution in [2.75, 3.05) is 0 Å². The number of aryl methyl sites for hydroxylation is 1. The van der Waals surface area contributed by atoms with Crippen LogP contribution in [0.4, 0.5) is 0 Å². The number of nitriles is 1. The number of hydrogen-bond donors (Lipinski definition) is 1. The molecular formula is C14H22N2O. The molecule has 17 heavy (non-hydrogen) atoms. The van der Waals surface area contributed by atoms with Gasteiger partial charge in [0.25, 0.3) is 0 Å². The summed E-state index contributed by atoms with van der Waals surface area (Å²) < 4.78 is 2.05. The Morgan fingerprint density at radius 1 is 1.53 bits per heavy atom. The normalized spacial score (nSPS) is 13.4. The number of nitrogens with zero attached hydrogens (tertiary/aromatic N) is 2. The van der Waals surface area contributed by atoms with Crippen LogP contribution in [0.25, 0.3) is 0 Å². The number of hydrogen-bond acceptors (Lipinski definition) is 2. The highest BCUT2D eigenvalue weighted by Crippen LogP contribution is 2.22. The van der Waals surface area contributed by atoms with Crippen LogP contribution in [0.2, 0.25) is 0 Å². The van der Waals surface area contributed by atoms with Gasteiger partial charge in [-0.25, -0.2) is 0 Å². The first-order valence-electron chi connectivity index (χ1n) is 6.23. The molecule has 1 rings (SSSR count). The van der Waals surface area contributed by atoms with Gasteiger partial charge < -0.3 is 9.67 Å². The van der Waals surface area contributed by atoms with Crippen LogP contribution in [0.5, 0.6) is 0 Å². The summed E-state index contributed by atoms with van der Waals surface area (Å²) in [7, 11) is 0. The molecule has 0 saturated carbocycles. The summed E-state index contributed by atoms with van der Waals surface area (Å²) in [5, 5.41) is 18.8. The zero-order valence-electron chi connectivity index (χ0n) is 11.0. The standard InChI is InChI=1S/C14H22N2O/c1-4-5-13(17)12-6-8-16(10-12)9-7-14(2,3)11-15/h6,8,10,13,17H,4-5,7,9H2,1-3H3. The Morgan fingerprint density at radius 3 is 2.82 bits per heavy atom. The summed E-state index contributed by atoms with van der Waals surface area (Å²) in [6, 6.07) is 4.26. The van der Waals surface area contributed by atoms with Crippen molar-refractivity contribution in [3.05, 3.63) is 24.0 Å². The number of aliphatic hydroxyl groups excluding tert-OH is 1. The van der Waals surface area contributed by atoms with Gasteiger partial charge in [0.15, 0.2) is 0 Å². The first-order valence-corrected chi connectivity index (χ1v) is 6.23. The predicted molar refractivity (Wildman–Crippen MR) is 68.3 cm³/mol. The van der Waals surface area contributed by atoms with E-state index >= 15 is 0 Å². The van der Waals surface area contributed by atoms with Crippen molar-refractivity contribution in [1.82, 2.24) is 4.57 Å². The third-order valence-electron chi connectivity index (χ3n) is 3.02. The lowest BCUT2D eigenvalue weighted by atomic mass is 9.91. The second-order valence-corrected chi connectivity index (χ2v) is 5.23. The Bertz CT molecular complexity index is 387. The molecule has 0 aromatic carbocycles. The van der Waals surface area contributed by atoms with E-state index in [2.05, 4.69) is 13.0 Å². The zero-order chi connectivity index (χ0) is 12.9. The summed E-state index contributed by atoms with van der Waals surface area (Å²) in [6.45, 7) is 6.78. The van der Waals surface area contributed by atoms with Crippen LogP contribution in [-0.2, 0) is 6.54 Å². The molecule has 0 bridgehead atoms. The predicted octanol–water partition coefficient (Wildman–Crippen LogP) is 3.26. The van der Waals surface area contributed by atoms with E-state index in [1.165, 1.54) is 0 Å². The van der Waals surface area contributed by atoms with Crippen LogP contribution in [0.1, 0.15) is 51.7 Å². The lowest BCUT2D eigenvalue weighted by molar-refractivity contribution is 0.166. The summed E-state index contributed by atoms with van der Waals surface area (Å²) >= 11 is 0. The van der Waals surface area contributed by atoms with Gasteiger partial charge in [0.1, 0.15) is 0 Å². The van der Waals surface area contributed by atoms with Crippen molar-refractivity contribution >= 4 is 0 Å². The SMILES string of the molecule is CCCC(O)c1ccn(CCC(C)(C)C#N)c1. The second-order valence-electron chi connectivity index (χ2n) is 5.23. The van der Waals surface area contributed by atoms with Crippen molar-refractivity contribution in [3.63, 3.8) is 0 Å². The maximum absolute atomic E-state index is 9.84. The van der Waals surface area contributed by atoms with Gasteiger partial charge in [-0.2, -0.15) is 5.26 Å². The van der Waals surface area contributed by atoms with E-state index in [1.54, 1.807) is 0 Å². The first kappa shape index (κ1) is 13.8. The molecule has 1 N–H and O–H groups in total. The minimum atomic E-state index is -0.356. The van der Waals surface area contributed by atoms with Gasteiger partial charge >= 0.3 is 0 Å². The molecule has 0 amide bonds. The molecule has 94 valence electrons. The van der Waals surface area contributed by atoms with Crippen LogP contribution in [0, 0.1) is 16.7 Å². The zero-order valence-corrected chi connectivity index (χ0v) is 11.0. The minimum Gasteiger partial charge on any atom is -0.388 e. The lowest BCUT2D eigenvalue weighted by Gasteiger charge is -2.15. The maximum atomic E-state index is 9.84. The fourth-order valence-electron chi connectivity index (χ4n) is 1.70. The smallest absolute Gasteiger partial charge is 0.0804 e. The van der Waals surface area contributed by atoms with Gasteiger partial charge in [0.2, 0.25) is 0 Å². The van der Waals surface area contributed by atoms with Gasteiger partial charge in [-0.05, 0) is 38.3 Å². The summed E-state index contributed by atoms with van der Waals surface area (Å²) in [5.74, 6) is 0. The molecule has 0 aliphatic carbocycles. The molecule has 0 aliphatic rings. The van der Waals surface area contributed by atoms with Crippen LogP contribution < -0.4 is 0 Å². The Balaban J connectivity index is 2.55. The molecule has 1 aromatic heterocycles. The Hall–Kier alpha value is -1.27. The van der Waals surface area contributed by atoms with Crippen molar-refractivity contribution in [1.29, 1.82) is 5.26 Å². The van der Waals surface area contributed by atoms with E-state index in [0.29, 0.717) is 0 Å². The van der Waals surface area contributed by atoms with Crippen LogP contribution >= 0.6 is 0 Å². The molecule has 3 nitrogen and oxygen atoms in total. The molecule has 0 saturated heterocycles. The summed E-state index contributed by atoms with van der Waals surface area (Å²) in [5.41, 5.74) is 0.688. The average molecular weight is 234 g/mol. The Kier molecular flexibility index (Phi) is 4.77. The van der Waals surface area contributed by atoms with Gasteiger partial charge in [0, 0.05) is 18.9 Å². The topological polar surface area (TPSA) is 49.0 Å². The molecule has 1 aromatic rings. The summed E-state index contributed by atoms with van der Waals surface area (Å²) in [6.07, 6.45) is 6.20. The summed E-state index contributed by atoms with van der Waals surface area (Å²) in [4.78, 5) is 0. The monoisotopic (exact) mass is 234 g/mol. The molecule has 0 fully saturated rings. The van der Waals surface area contributed by atoms with E-state index in [9.17, 15) is 5.11 Å². The largest absolute Gasteiger partial charge is 0.388 e. The first-order chi connectivity index (χ1) is 7.98. The van der Waals surface area contributed by atoms with Crippen molar-refractivity contribution < 1.29 is 5.11 Å². The third-order valence-corrected chi connectivity index (χ3v) is 3.02. The van der Waals surface area contributed by atoms with E-state index < -0.39 is 0 Å². The highest BCUT2D eigenvalue weighted by Gasteiger charge is 2.16. The molecule has 1 heterocycles. The number of aromatic nitrogens is 1. The van der Waals surface area contributed by atoms with Gasteiger partial charge in [-0.3, -0.25) is 0 Å². The molecule has 0 aliphatic heterocycles. The van der Waals surface area contributed by atoms with Crippen molar-refractivity contribution in [2.45, 2.75) is 52.7 Å². The van der Waals surface area contributed by atoms with Crippen LogP contribution in [0.15, 0.2) is 18.5 Å². The molecule has 3 heteroatoms. The van der Waals surface area contributed by atoms with E-state index in [0.717, 1.165) is 31.4 Å². The van der Waals surface area contributed by atoms with Crippen LogP contribution in [-0.4, -0.2) is 9.67 Å². The van der Waals surface area contributed by atoms with Gasteiger partial charge in [-0.15, -0.1) is 0 Å². The highest BCUT2D eigenvalue weighted by molar-refractivity contribution is 5.13. The van der Waals surface area contributed by atoms with Crippen molar-refractivity contribution in [3.8, 4) is 6.07 Å². The van der Waals surface area contributed by atoms with Crippen LogP contribution in [0.3, 0.4) is 0 Å². The minimum absolute atomic E-state index is 0.285. The Morgan fingerprint density at radius 2 is 2.24 bits per heavy atom. The highest BCUT2D eigenvalue weighted by atomic mass is 16.3. The molecular weight excluding hydrogens is 212 g/mol. The molecule has 0 spiro atoms. The van der Waals surface area contributed by atoms with Gasteiger partial charge in [0.05, 0.1) is 17.6 Å². The quantitative estimate of drug-likeness (QED) is 0.821.